The van der Waals surface area contributed by atoms with Gasteiger partial charge < -0.3 is 9.80 Å². The fourth-order valence-corrected chi connectivity index (χ4v) is 2.74. The lowest BCUT2D eigenvalue weighted by Gasteiger charge is -2.27. The Morgan fingerprint density at radius 2 is 2.26 bits per heavy atom. The Morgan fingerprint density at radius 3 is 2.89 bits per heavy atom. The van der Waals surface area contributed by atoms with E-state index >= 15 is 0 Å². The van der Waals surface area contributed by atoms with E-state index in [4.69, 9.17) is 0 Å². The van der Waals surface area contributed by atoms with Gasteiger partial charge in [-0.3, -0.25) is 4.79 Å². The highest BCUT2D eigenvalue weighted by Crippen LogP contribution is 2.22. The average molecular weight is 282 g/mol. The standard InChI is InChI=1S/C14H19FN2OS/c1-16(2)9-11-4-3-7-17(11)14(18)10-5-6-12(15)13(19)8-10/h5-6,8,11,19H,3-4,7,9H2,1-2H3. The van der Waals surface area contributed by atoms with E-state index in [0.29, 0.717) is 5.56 Å². The number of hydrogen-bond acceptors (Lipinski definition) is 3. The molecule has 1 aromatic rings. The van der Waals surface area contributed by atoms with Gasteiger partial charge in [-0.25, -0.2) is 4.39 Å². The van der Waals surface area contributed by atoms with Crippen molar-refractivity contribution in [2.75, 3.05) is 27.2 Å². The van der Waals surface area contributed by atoms with Gasteiger partial charge >= 0.3 is 0 Å². The average Bonchev–Trinajstić information content (AvgIpc) is 2.79. The Hall–Kier alpha value is -1.07. The molecule has 1 atom stereocenters. The fourth-order valence-electron chi connectivity index (χ4n) is 2.53. The molecule has 0 saturated carbocycles. The summed E-state index contributed by atoms with van der Waals surface area (Å²) in [6.45, 7) is 1.64. The van der Waals surface area contributed by atoms with Crippen molar-refractivity contribution in [3.05, 3.63) is 29.6 Å². The predicted molar refractivity (Wildman–Crippen MR) is 76.3 cm³/mol. The summed E-state index contributed by atoms with van der Waals surface area (Å²) in [5.41, 5.74) is 0.511. The summed E-state index contributed by atoms with van der Waals surface area (Å²) in [4.78, 5) is 16.6. The minimum atomic E-state index is -0.397. The number of rotatable bonds is 3. The smallest absolute Gasteiger partial charge is 0.254 e. The molecule has 1 unspecified atom stereocenters. The third-order valence-corrected chi connectivity index (χ3v) is 3.75. The van der Waals surface area contributed by atoms with Crippen LogP contribution in [0, 0.1) is 5.82 Å². The van der Waals surface area contributed by atoms with E-state index in [9.17, 15) is 9.18 Å². The quantitative estimate of drug-likeness (QED) is 0.860. The minimum absolute atomic E-state index is 0.0281. The van der Waals surface area contributed by atoms with Crippen LogP contribution < -0.4 is 0 Å². The lowest BCUT2D eigenvalue weighted by molar-refractivity contribution is 0.0716. The van der Waals surface area contributed by atoms with Crippen molar-refractivity contribution in [1.82, 2.24) is 9.80 Å². The molecular formula is C14H19FN2OS. The molecule has 1 aliphatic rings. The van der Waals surface area contributed by atoms with Crippen LogP contribution in [0.25, 0.3) is 0 Å². The molecule has 19 heavy (non-hydrogen) atoms. The van der Waals surface area contributed by atoms with Gasteiger partial charge in [0.1, 0.15) is 5.82 Å². The number of likely N-dealkylation sites (tertiary alicyclic amines) is 1. The van der Waals surface area contributed by atoms with Gasteiger partial charge in [0.2, 0.25) is 0 Å². The van der Waals surface area contributed by atoms with E-state index in [2.05, 4.69) is 17.5 Å². The van der Waals surface area contributed by atoms with Gasteiger partial charge in [0.25, 0.3) is 5.91 Å². The second-order valence-corrected chi connectivity index (χ2v) is 5.70. The molecule has 5 heteroatoms. The summed E-state index contributed by atoms with van der Waals surface area (Å²) in [5, 5.41) is 0. The first-order valence-electron chi connectivity index (χ1n) is 6.43. The lowest BCUT2D eigenvalue weighted by Crippen LogP contribution is -2.41. The zero-order valence-corrected chi connectivity index (χ0v) is 12.2. The SMILES string of the molecule is CN(C)CC1CCCN1C(=O)c1ccc(F)c(S)c1. The van der Waals surface area contributed by atoms with E-state index in [1.165, 1.54) is 18.2 Å². The van der Waals surface area contributed by atoms with Gasteiger partial charge in [-0.15, -0.1) is 12.6 Å². The lowest BCUT2D eigenvalue weighted by atomic mass is 10.1. The van der Waals surface area contributed by atoms with Crippen LogP contribution in [0.4, 0.5) is 4.39 Å². The van der Waals surface area contributed by atoms with E-state index in [-0.39, 0.29) is 16.8 Å². The number of halogens is 1. The fraction of sp³-hybridized carbons (Fsp3) is 0.500. The number of carbonyl (C=O) groups is 1. The van der Waals surface area contributed by atoms with Gasteiger partial charge in [0, 0.05) is 29.6 Å². The normalized spacial score (nSPS) is 19.2. The molecule has 0 aliphatic carbocycles. The first-order valence-corrected chi connectivity index (χ1v) is 6.88. The zero-order chi connectivity index (χ0) is 14.0. The second kappa shape index (κ2) is 5.92. The Balaban J connectivity index is 2.16. The molecule has 1 fully saturated rings. The third kappa shape index (κ3) is 3.28. The van der Waals surface area contributed by atoms with Crippen molar-refractivity contribution in [2.45, 2.75) is 23.8 Å². The second-order valence-electron chi connectivity index (χ2n) is 5.22. The largest absolute Gasteiger partial charge is 0.334 e. The molecule has 1 amide bonds. The summed E-state index contributed by atoms with van der Waals surface area (Å²) in [6.07, 6.45) is 2.05. The Bertz CT molecular complexity index is 479. The van der Waals surface area contributed by atoms with Crippen LogP contribution >= 0.6 is 12.6 Å². The van der Waals surface area contributed by atoms with Crippen molar-refractivity contribution in [2.24, 2.45) is 0 Å². The van der Waals surface area contributed by atoms with Gasteiger partial charge in [0.05, 0.1) is 0 Å². The van der Waals surface area contributed by atoms with Crippen molar-refractivity contribution in [3.8, 4) is 0 Å². The third-order valence-electron chi connectivity index (χ3n) is 3.41. The molecule has 1 heterocycles. The van der Waals surface area contributed by atoms with Gasteiger partial charge in [-0.2, -0.15) is 0 Å². The first kappa shape index (κ1) is 14.3. The summed E-state index contributed by atoms with van der Waals surface area (Å²) in [7, 11) is 4.01. The molecule has 1 aliphatic heterocycles. The van der Waals surface area contributed by atoms with Crippen LogP contribution in [-0.4, -0.2) is 48.9 Å². The van der Waals surface area contributed by atoms with E-state index in [1.54, 1.807) is 0 Å². The summed E-state index contributed by atoms with van der Waals surface area (Å²) in [6, 6.07) is 4.58. The molecule has 0 radical (unpaired) electrons. The van der Waals surface area contributed by atoms with E-state index in [0.717, 1.165) is 25.9 Å². The van der Waals surface area contributed by atoms with Crippen molar-refractivity contribution in [1.29, 1.82) is 0 Å². The van der Waals surface area contributed by atoms with Crippen LogP contribution in [-0.2, 0) is 0 Å². The number of carbonyl (C=O) groups excluding carboxylic acids is 1. The minimum Gasteiger partial charge on any atom is -0.334 e. The monoisotopic (exact) mass is 282 g/mol. The number of hydrogen-bond donors (Lipinski definition) is 1. The maximum absolute atomic E-state index is 13.2. The van der Waals surface area contributed by atoms with Gasteiger partial charge in [-0.1, -0.05) is 0 Å². The Labute approximate surface area is 118 Å². The number of amides is 1. The number of nitrogens with zero attached hydrogens (tertiary/aromatic N) is 2. The van der Waals surface area contributed by atoms with Crippen LogP contribution in [0.3, 0.4) is 0 Å². The maximum Gasteiger partial charge on any atom is 0.254 e. The Kier molecular flexibility index (Phi) is 4.47. The molecule has 0 aromatic heterocycles. The highest BCUT2D eigenvalue weighted by atomic mass is 32.1. The Morgan fingerprint density at radius 1 is 1.53 bits per heavy atom. The topological polar surface area (TPSA) is 23.6 Å². The summed E-state index contributed by atoms with van der Waals surface area (Å²) >= 11 is 4.03. The summed E-state index contributed by atoms with van der Waals surface area (Å²) in [5.74, 6) is -0.425. The van der Waals surface area contributed by atoms with Gasteiger partial charge in [0.15, 0.2) is 0 Å². The van der Waals surface area contributed by atoms with Crippen LogP contribution in [0.2, 0.25) is 0 Å². The molecule has 0 N–H and O–H groups in total. The van der Waals surface area contributed by atoms with E-state index in [1.807, 2.05) is 19.0 Å². The van der Waals surface area contributed by atoms with Crippen molar-refractivity contribution in [3.63, 3.8) is 0 Å². The molecule has 104 valence electrons. The molecule has 1 saturated heterocycles. The van der Waals surface area contributed by atoms with Crippen molar-refractivity contribution < 1.29 is 9.18 Å². The first-order chi connectivity index (χ1) is 8.99. The van der Waals surface area contributed by atoms with Crippen LogP contribution in [0.15, 0.2) is 23.1 Å². The summed E-state index contributed by atoms with van der Waals surface area (Å²) < 4.78 is 13.2. The molecule has 2 rings (SSSR count). The predicted octanol–water partition coefficient (Wildman–Crippen LogP) is 2.28. The molecule has 3 nitrogen and oxygen atoms in total. The molecule has 1 aromatic carbocycles. The van der Waals surface area contributed by atoms with Crippen molar-refractivity contribution >= 4 is 18.5 Å². The number of likely N-dealkylation sites (N-methyl/N-ethyl adjacent to an activating group) is 1. The van der Waals surface area contributed by atoms with Crippen LogP contribution in [0.5, 0.6) is 0 Å². The molecule has 0 spiro atoms. The molecular weight excluding hydrogens is 263 g/mol. The molecule has 0 bridgehead atoms. The highest BCUT2D eigenvalue weighted by molar-refractivity contribution is 7.80. The highest BCUT2D eigenvalue weighted by Gasteiger charge is 2.29. The zero-order valence-electron chi connectivity index (χ0n) is 11.3. The number of benzene rings is 1. The van der Waals surface area contributed by atoms with E-state index < -0.39 is 5.82 Å². The maximum atomic E-state index is 13.2. The van der Waals surface area contributed by atoms with Gasteiger partial charge in [-0.05, 0) is 45.1 Å². The number of thiol groups is 1. The van der Waals surface area contributed by atoms with Crippen LogP contribution in [0.1, 0.15) is 23.2 Å².